The number of phenolic OH excluding ortho intramolecular Hbond substituents is 1. The van der Waals surface area contributed by atoms with Crippen LogP contribution in [-0.2, 0) is 0 Å². The van der Waals surface area contributed by atoms with Crippen LogP contribution in [0.15, 0.2) is 12.1 Å². The van der Waals surface area contributed by atoms with Gasteiger partial charge < -0.3 is 10.8 Å². The molecule has 0 aliphatic rings. The Kier molecular flexibility index (Phi) is 3.01. The Balaban J connectivity index is 3.33. The minimum atomic E-state index is -0.448. The lowest BCUT2D eigenvalue weighted by atomic mass is 10.1. The van der Waals surface area contributed by atoms with Gasteiger partial charge in [-0.05, 0) is 12.1 Å². The Hall–Kier alpha value is -0.930. The maximum absolute atomic E-state index is 11.2. The summed E-state index contributed by atoms with van der Waals surface area (Å²) in [6.45, 7) is 0. The molecule has 5 heteroatoms. The summed E-state index contributed by atoms with van der Waals surface area (Å²) < 4.78 is 0. The zero-order valence-corrected chi connectivity index (χ0v) is 8.06. The number of carbonyl (C=O) groups is 1. The molecule has 1 aromatic rings. The van der Waals surface area contributed by atoms with Crippen LogP contribution in [0.3, 0.4) is 0 Å². The van der Waals surface area contributed by atoms with Gasteiger partial charge in [-0.2, -0.15) is 0 Å². The van der Waals surface area contributed by atoms with E-state index in [0.717, 1.165) is 0 Å². The van der Waals surface area contributed by atoms with Gasteiger partial charge in [0.2, 0.25) is 0 Å². The summed E-state index contributed by atoms with van der Waals surface area (Å²) >= 11 is 11.0. The average Bonchev–Trinajstić information content (AvgIpc) is 2.12. The monoisotopic (exact) mass is 219 g/mol. The first-order valence-corrected chi connectivity index (χ1v) is 4.35. The minimum absolute atomic E-state index is 0.0170. The largest absolute Gasteiger partial charge is 0.505 e. The molecule has 0 amide bonds. The predicted octanol–water partition coefficient (Wildman–Crippen LogP) is 2.05. The zero-order chi connectivity index (χ0) is 10.0. The first kappa shape index (κ1) is 10.2. The molecule has 0 unspecified atom stereocenters. The van der Waals surface area contributed by atoms with Crippen LogP contribution in [0, 0.1) is 0 Å². The smallest absolute Gasteiger partial charge is 0.182 e. The number of anilines is 1. The maximum atomic E-state index is 11.2. The molecular formula is C8H7Cl2NO2. The van der Waals surface area contributed by atoms with E-state index in [1.165, 1.54) is 12.1 Å². The van der Waals surface area contributed by atoms with Gasteiger partial charge in [0.15, 0.2) is 11.5 Å². The second-order valence-corrected chi connectivity index (χ2v) is 3.09. The molecule has 13 heavy (non-hydrogen) atoms. The summed E-state index contributed by atoms with van der Waals surface area (Å²) in [7, 11) is 0. The molecule has 0 radical (unpaired) electrons. The zero-order valence-electron chi connectivity index (χ0n) is 6.55. The number of carbonyl (C=O) groups excluding carboxylic acids is 1. The van der Waals surface area contributed by atoms with Crippen LogP contribution in [0.1, 0.15) is 10.4 Å². The van der Waals surface area contributed by atoms with Crippen molar-refractivity contribution in [2.75, 3.05) is 11.6 Å². The number of nitrogens with two attached hydrogens (primary N) is 1. The van der Waals surface area contributed by atoms with E-state index in [0.29, 0.717) is 0 Å². The van der Waals surface area contributed by atoms with Gasteiger partial charge in [0.05, 0.1) is 22.2 Å². The molecule has 1 aromatic carbocycles. The Morgan fingerprint density at radius 3 is 2.69 bits per heavy atom. The van der Waals surface area contributed by atoms with Gasteiger partial charge in [-0.25, -0.2) is 0 Å². The number of hydrogen-bond acceptors (Lipinski definition) is 3. The molecule has 0 saturated carbocycles. The Morgan fingerprint density at radius 2 is 2.15 bits per heavy atom. The second-order valence-electron chi connectivity index (χ2n) is 2.42. The topological polar surface area (TPSA) is 63.3 Å². The lowest BCUT2D eigenvalue weighted by molar-refractivity contribution is 0.101. The van der Waals surface area contributed by atoms with Gasteiger partial charge in [-0.3, -0.25) is 4.79 Å². The summed E-state index contributed by atoms with van der Waals surface area (Å²) in [5.41, 5.74) is 5.47. The molecule has 0 atom stereocenters. The number of Topliss-reactive ketones (excluding diaryl/α,β-unsaturated/α-hetero) is 1. The lowest BCUT2D eigenvalue weighted by Gasteiger charge is -2.06. The Labute approximate surface area is 85.1 Å². The molecule has 3 nitrogen and oxygen atoms in total. The number of benzene rings is 1. The van der Waals surface area contributed by atoms with E-state index in [9.17, 15) is 9.90 Å². The fourth-order valence-electron chi connectivity index (χ4n) is 0.915. The summed E-state index contributed by atoms with van der Waals surface area (Å²) in [6.07, 6.45) is 0. The Morgan fingerprint density at radius 1 is 1.54 bits per heavy atom. The van der Waals surface area contributed by atoms with Crippen LogP contribution in [0.4, 0.5) is 5.69 Å². The first-order chi connectivity index (χ1) is 6.07. The molecule has 0 aliphatic heterocycles. The van der Waals surface area contributed by atoms with E-state index in [1.807, 2.05) is 0 Å². The SMILES string of the molecule is Nc1ccc(Cl)c(C(=O)CCl)c1O. The number of aromatic hydroxyl groups is 1. The van der Waals surface area contributed by atoms with Gasteiger partial charge in [-0.15, -0.1) is 11.6 Å². The highest BCUT2D eigenvalue weighted by atomic mass is 35.5. The van der Waals surface area contributed by atoms with Gasteiger partial charge in [0.1, 0.15) is 0 Å². The molecule has 0 aliphatic carbocycles. The molecule has 70 valence electrons. The van der Waals surface area contributed by atoms with E-state index in [4.69, 9.17) is 28.9 Å². The molecule has 0 spiro atoms. The number of hydrogen-bond donors (Lipinski definition) is 2. The van der Waals surface area contributed by atoms with Crippen molar-refractivity contribution in [1.82, 2.24) is 0 Å². The number of nitrogen functional groups attached to an aromatic ring is 1. The summed E-state index contributed by atoms with van der Waals surface area (Å²) in [6, 6.07) is 2.86. The maximum Gasteiger partial charge on any atom is 0.182 e. The molecule has 0 heterocycles. The van der Waals surface area contributed by atoms with Gasteiger partial charge in [0, 0.05) is 0 Å². The number of rotatable bonds is 2. The summed E-state index contributed by atoms with van der Waals surface area (Å²) in [5.74, 6) is -0.994. The van der Waals surface area contributed by atoms with Gasteiger partial charge >= 0.3 is 0 Å². The highest BCUT2D eigenvalue weighted by Gasteiger charge is 2.16. The van der Waals surface area contributed by atoms with Crippen molar-refractivity contribution in [2.45, 2.75) is 0 Å². The van der Waals surface area contributed by atoms with Crippen LogP contribution in [-0.4, -0.2) is 16.8 Å². The number of halogens is 2. The number of alkyl halides is 1. The van der Waals surface area contributed by atoms with Crippen LogP contribution in [0.2, 0.25) is 5.02 Å². The molecule has 0 saturated heterocycles. The van der Waals surface area contributed by atoms with Gasteiger partial charge in [-0.1, -0.05) is 11.6 Å². The van der Waals surface area contributed by atoms with E-state index in [-0.39, 0.29) is 27.9 Å². The summed E-state index contributed by atoms with van der Waals surface area (Å²) in [4.78, 5) is 11.2. The van der Waals surface area contributed by atoms with E-state index in [2.05, 4.69) is 0 Å². The van der Waals surface area contributed by atoms with E-state index < -0.39 is 5.78 Å². The fraction of sp³-hybridized carbons (Fsp3) is 0.125. The molecule has 1 rings (SSSR count). The van der Waals surface area contributed by atoms with Crippen molar-refractivity contribution in [3.63, 3.8) is 0 Å². The number of phenols is 1. The molecule has 0 bridgehead atoms. The van der Waals surface area contributed by atoms with Crippen molar-refractivity contribution < 1.29 is 9.90 Å². The predicted molar refractivity (Wildman–Crippen MR) is 52.6 cm³/mol. The van der Waals surface area contributed by atoms with Crippen molar-refractivity contribution in [3.05, 3.63) is 22.7 Å². The standard InChI is InChI=1S/C8H7Cl2NO2/c9-3-6(12)7-4(10)1-2-5(11)8(7)13/h1-2,13H,3,11H2. The highest BCUT2D eigenvalue weighted by Crippen LogP contribution is 2.31. The molecular weight excluding hydrogens is 213 g/mol. The quantitative estimate of drug-likeness (QED) is 0.347. The Bertz CT molecular complexity index is 352. The summed E-state index contributed by atoms with van der Waals surface area (Å²) in [5, 5.41) is 9.54. The third-order valence-corrected chi connectivity index (χ3v) is 2.12. The van der Waals surface area contributed by atoms with Crippen LogP contribution >= 0.6 is 23.2 Å². The van der Waals surface area contributed by atoms with E-state index in [1.54, 1.807) is 0 Å². The van der Waals surface area contributed by atoms with Crippen LogP contribution < -0.4 is 5.73 Å². The van der Waals surface area contributed by atoms with Crippen molar-refractivity contribution in [3.8, 4) is 5.75 Å². The average molecular weight is 220 g/mol. The molecule has 0 aromatic heterocycles. The fourth-order valence-corrected chi connectivity index (χ4v) is 1.31. The van der Waals surface area contributed by atoms with Crippen molar-refractivity contribution >= 4 is 34.7 Å². The number of ketones is 1. The first-order valence-electron chi connectivity index (χ1n) is 3.44. The van der Waals surface area contributed by atoms with Gasteiger partial charge in [0.25, 0.3) is 0 Å². The van der Waals surface area contributed by atoms with Crippen LogP contribution in [0.25, 0.3) is 0 Å². The van der Waals surface area contributed by atoms with E-state index >= 15 is 0 Å². The lowest BCUT2D eigenvalue weighted by Crippen LogP contribution is -2.03. The normalized spacial score (nSPS) is 10.0. The minimum Gasteiger partial charge on any atom is -0.505 e. The molecule has 0 fully saturated rings. The van der Waals surface area contributed by atoms with Crippen LogP contribution in [0.5, 0.6) is 5.75 Å². The molecule has 3 N–H and O–H groups in total. The third kappa shape index (κ3) is 1.87. The van der Waals surface area contributed by atoms with Crippen molar-refractivity contribution in [2.24, 2.45) is 0 Å². The van der Waals surface area contributed by atoms with Crippen molar-refractivity contribution in [1.29, 1.82) is 0 Å². The third-order valence-electron chi connectivity index (χ3n) is 1.56. The second kappa shape index (κ2) is 3.85. The highest BCUT2D eigenvalue weighted by molar-refractivity contribution is 6.38.